The lowest BCUT2D eigenvalue weighted by atomic mass is 9.89. The summed E-state index contributed by atoms with van der Waals surface area (Å²) in [4.78, 5) is 15.1. The highest BCUT2D eigenvalue weighted by molar-refractivity contribution is 7.97. The summed E-state index contributed by atoms with van der Waals surface area (Å²) in [6.45, 7) is -1.70. The molecular formula is C27H28F2O6S2. The molecule has 0 bridgehead atoms. The second-order valence-corrected chi connectivity index (χ2v) is 12.0. The number of hydrogen-bond acceptors (Lipinski definition) is 6. The first-order valence-corrected chi connectivity index (χ1v) is 14.3. The second-order valence-electron chi connectivity index (χ2n) is 8.46. The molecule has 37 heavy (non-hydrogen) atoms. The fourth-order valence-corrected chi connectivity index (χ4v) is 6.07. The number of carbonyl (C=O) groups is 1. The molecular weight excluding hydrogens is 522 g/mol. The molecule has 198 valence electrons. The lowest BCUT2D eigenvalue weighted by Crippen LogP contribution is -2.36. The number of halogens is 2. The minimum absolute atomic E-state index is 0.134. The van der Waals surface area contributed by atoms with E-state index in [-0.39, 0.29) is 10.9 Å². The van der Waals surface area contributed by atoms with Crippen LogP contribution < -0.4 is 0 Å². The van der Waals surface area contributed by atoms with Crippen molar-refractivity contribution in [2.24, 2.45) is 5.92 Å². The maximum atomic E-state index is 12.7. The minimum Gasteiger partial charge on any atom is -0.743 e. The van der Waals surface area contributed by atoms with Crippen molar-refractivity contribution in [2.45, 2.75) is 52.0 Å². The third kappa shape index (κ3) is 8.28. The van der Waals surface area contributed by atoms with Gasteiger partial charge in [0.15, 0.2) is 31.4 Å². The molecule has 0 heterocycles. The van der Waals surface area contributed by atoms with Crippen LogP contribution in [0.2, 0.25) is 0 Å². The predicted octanol–water partition coefficient (Wildman–Crippen LogP) is 5.74. The first-order valence-electron chi connectivity index (χ1n) is 11.7. The van der Waals surface area contributed by atoms with Gasteiger partial charge in [-0.15, -0.1) is 0 Å². The molecule has 1 fully saturated rings. The summed E-state index contributed by atoms with van der Waals surface area (Å²) < 4.78 is 60.0. The zero-order valence-corrected chi connectivity index (χ0v) is 21.6. The maximum Gasteiger partial charge on any atom is 0.367 e. The zero-order chi connectivity index (χ0) is 26.9. The average molecular weight is 551 g/mol. The van der Waals surface area contributed by atoms with E-state index in [1.54, 1.807) is 12.1 Å². The highest BCUT2D eigenvalue weighted by atomic mass is 32.2. The Morgan fingerprint density at radius 1 is 0.865 bits per heavy atom. The predicted molar refractivity (Wildman–Crippen MR) is 135 cm³/mol. The molecule has 0 aromatic heterocycles. The van der Waals surface area contributed by atoms with Crippen LogP contribution in [0.4, 0.5) is 8.78 Å². The number of esters is 1. The van der Waals surface area contributed by atoms with E-state index >= 15 is 0 Å². The van der Waals surface area contributed by atoms with Gasteiger partial charge in [0.1, 0.15) is 5.75 Å². The van der Waals surface area contributed by atoms with Crippen LogP contribution in [0.5, 0.6) is 5.75 Å². The Morgan fingerprint density at radius 3 is 1.78 bits per heavy atom. The molecule has 4 rings (SSSR count). The van der Waals surface area contributed by atoms with Gasteiger partial charge in [-0.1, -0.05) is 55.7 Å². The highest BCUT2D eigenvalue weighted by Crippen LogP contribution is 2.31. The number of ether oxygens (including phenoxy) is 1. The number of rotatable bonds is 7. The first kappa shape index (κ1) is 28.6. The number of hydrogen-bond donors (Lipinski definition) is 1. The van der Waals surface area contributed by atoms with Crippen molar-refractivity contribution < 1.29 is 36.4 Å². The van der Waals surface area contributed by atoms with E-state index in [1.807, 2.05) is 24.3 Å². The molecule has 0 saturated heterocycles. The van der Waals surface area contributed by atoms with E-state index in [0.29, 0.717) is 18.6 Å². The van der Waals surface area contributed by atoms with Gasteiger partial charge < -0.3 is 14.4 Å². The van der Waals surface area contributed by atoms with Gasteiger partial charge in [-0.05, 0) is 61.4 Å². The maximum absolute atomic E-state index is 12.7. The van der Waals surface area contributed by atoms with Crippen LogP contribution in [0.15, 0.2) is 99.6 Å². The highest BCUT2D eigenvalue weighted by Gasteiger charge is 2.40. The summed E-state index contributed by atoms with van der Waals surface area (Å²) in [5.74, 6) is -1.01. The van der Waals surface area contributed by atoms with Crippen LogP contribution in [0, 0.1) is 5.92 Å². The van der Waals surface area contributed by atoms with E-state index in [0.717, 1.165) is 19.3 Å². The number of carbonyl (C=O) groups excluding carboxylic acids is 1. The van der Waals surface area contributed by atoms with E-state index in [2.05, 4.69) is 53.3 Å². The van der Waals surface area contributed by atoms with Crippen LogP contribution in [-0.2, 0) is 30.5 Å². The number of phenols is 1. The monoisotopic (exact) mass is 550 g/mol. The van der Waals surface area contributed by atoms with Gasteiger partial charge >= 0.3 is 11.2 Å². The number of aromatic hydroxyl groups is 1. The zero-order valence-electron chi connectivity index (χ0n) is 20.0. The Balaban J connectivity index is 0.000000209. The SMILES string of the molecule is O=C(OCC(F)(F)S(=O)(=O)[O-])C1CCCCC1.Oc1ccc([S+](c2ccccc2)c2ccccc2)cc1. The van der Waals surface area contributed by atoms with E-state index in [9.17, 15) is 31.7 Å². The Hall–Kier alpha value is -2.95. The molecule has 1 saturated carbocycles. The Bertz CT molecular complexity index is 1190. The summed E-state index contributed by atoms with van der Waals surface area (Å²) in [5, 5.41) is 4.92. The molecule has 0 aliphatic heterocycles. The van der Waals surface area contributed by atoms with Crippen LogP contribution in [0.3, 0.4) is 0 Å². The second kappa shape index (κ2) is 13.0. The summed E-state index contributed by atoms with van der Waals surface area (Å²) in [6, 6.07) is 28.5. The summed E-state index contributed by atoms with van der Waals surface area (Å²) >= 11 is 0. The Morgan fingerprint density at radius 2 is 1.32 bits per heavy atom. The number of phenolic OH excluding ortho intramolecular Hbond substituents is 1. The van der Waals surface area contributed by atoms with Gasteiger partial charge in [-0.2, -0.15) is 8.78 Å². The largest absolute Gasteiger partial charge is 0.743 e. The fourth-order valence-electron chi connectivity index (χ4n) is 3.79. The standard InChI is InChI=1S/C18H14OS.C9H14F2O5S/c19-15-11-13-18(14-12-15)20(16-7-3-1-4-8-16)17-9-5-2-6-10-17;10-9(11,17(13,14)15)6-16-8(12)7-4-2-1-3-5-7/h1-14H;7H,1-6H2,(H,13,14,15). The van der Waals surface area contributed by atoms with Gasteiger partial charge in [0.05, 0.1) is 16.8 Å². The molecule has 0 atom stereocenters. The molecule has 3 aromatic rings. The van der Waals surface area contributed by atoms with Crippen molar-refractivity contribution in [1.82, 2.24) is 0 Å². The van der Waals surface area contributed by atoms with Gasteiger partial charge in [-0.3, -0.25) is 4.79 Å². The molecule has 0 radical (unpaired) electrons. The van der Waals surface area contributed by atoms with Gasteiger partial charge in [0.2, 0.25) is 0 Å². The normalized spacial score (nSPS) is 14.5. The third-order valence-electron chi connectivity index (χ3n) is 5.72. The van der Waals surface area contributed by atoms with Gasteiger partial charge in [0.25, 0.3) is 0 Å². The fraction of sp³-hybridized carbons (Fsp3) is 0.296. The van der Waals surface area contributed by atoms with Crippen molar-refractivity contribution in [2.75, 3.05) is 6.61 Å². The molecule has 1 aliphatic rings. The molecule has 6 nitrogen and oxygen atoms in total. The van der Waals surface area contributed by atoms with Gasteiger partial charge in [0, 0.05) is 0 Å². The summed E-state index contributed by atoms with van der Waals surface area (Å²) in [5.41, 5.74) is 0. The quantitative estimate of drug-likeness (QED) is 0.229. The van der Waals surface area contributed by atoms with Crippen LogP contribution in [-0.4, -0.2) is 35.9 Å². The van der Waals surface area contributed by atoms with E-state index in [1.165, 1.54) is 14.7 Å². The minimum atomic E-state index is -5.79. The number of alkyl halides is 2. The van der Waals surface area contributed by atoms with Crippen LogP contribution in [0.25, 0.3) is 0 Å². The van der Waals surface area contributed by atoms with Crippen molar-refractivity contribution in [3.05, 3.63) is 84.9 Å². The molecule has 0 spiro atoms. The molecule has 10 heteroatoms. The van der Waals surface area contributed by atoms with Crippen molar-refractivity contribution in [1.29, 1.82) is 0 Å². The molecule has 1 aliphatic carbocycles. The van der Waals surface area contributed by atoms with E-state index < -0.39 is 33.9 Å². The van der Waals surface area contributed by atoms with Crippen LogP contribution in [0.1, 0.15) is 32.1 Å². The van der Waals surface area contributed by atoms with Crippen molar-refractivity contribution in [3.63, 3.8) is 0 Å². The van der Waals surface area contributed by atoms with E-state index in [4.69, 9.17) is 0 Å². The summed E-state index contributed by atoms with van der Waals surface area (Å²) in [7, 11) is -5.92. The average Bonchev–Trinajstić information content (AvgIpc) is 2.90. The first-order chi connectivity index (χ1) is 17.6. The topological polar surface area (TPSA) is 104 Å². The van der Waals surface area contributed by atoms with Crippen LogP contribution >= 0.6 is 0 Å². The smallest absolute Gasteiger partial charge is 0.367 e. The Labute approximate surface area is 218 Å². The van der Waals surface area contributed by atoms with Crippen molar-refractivity contribution in [3.8, 4) is 5.75 Å². The molecule has 3 aromatic carbocycles. The van der Waals surface area contributed by atoms with Gasteiger partial charge in [-0.25, -0.2) is 8.42 Å². The number of benzene rings is 3. The molecule has 0 unspecified atom stereocenters. The lowest BCUT2D eigenvalue weighted by molar-refractivity contribution is -0.155. The summed E-state index contributed by atoms with van der Waals surface area (Å²) in [6.07, 6.45) is 3.71. The lowest BCUT2D eigenvalue weighted by Gasteiger charge is -2.23. The molecule has 0 amide bonds. The Kier molecular flexibility index (Phi) is 10.1. The van der Waals surface area contributed by atoms with Crippen molar-refractivity contribution >= 4 is 27.0 Å². The molecule has 1 N–H and O–H groups in total. The third-order valence-corrected chi connectivity index (χ3v) is 8.80.